The summed E-state index contributed by atoms with van der Waals surface area (Å²) < 4.78 is 0. The van der Waals surface area contributed by atoms with Gasteiger partial charge in [-0.1, -0.05) is 0 Å². The quantitative estimate of drug-likeness (QED) is 0.139. The van der Waals surface area contributed by atoms with Crippen molar-refractivity contribution in [1.29, 1.82) is 0 Å². The number of hydrogen-bond donors (Lipinski definition) is 0. The summed E-state index contributed by atoms with van der Waals surface area (Å²) in [6, 6.07) is 40.0. The van der Waals surface area contributed by atoms with Gasteiger partial charge in [-0.2, -0.15) is 72.8 Å². The molecule has 9 heteroatoms. The SMILES string of the molecule is [CH3-].[CH3-].[CH3-].[CH3-].[CH3-].[CH3-].[Cl-].[Cl-].[Cl-].[Sn+2].[Sn+2].[Sn+2].[Sn+2].[W+2].[W].c1cc[cH-]c1.c1cc[cH-]c1.c1cc[cH-]c1.c1cc[cH-]c1. The molecule has 0 amide bonds. The Balaban J connectivity index is -0.0000000103. The molecule has 0 nitrogen and oxygen atoms in total. The van der Waals surface area contributed by atoms with Crippen molar-refractivity contribution >= 4 is 95.6 Å². The first kappa shape index (κ1) is 98.4. The summed E-state index contributed by atoms with van der Waals surface area (Å²) in [6.07, 6.45) is 0. The normalized spacial score (nSPS) is 4.57. The third kappa shape index (κ3) is 85.7. The van der Waals surface area contributed by atoms with E-state index in [0.717, 1.165) is 0 Å². The molecule has 4 aromatic rings. The molecular weight excluding hydrogens is 1260 g/mol. The second-order valence-electron chi connectivity index (χ2n) is 3.85. The standard InChI is InChI=1S/4C5H5.6CH3.3ClH.4Sn.2W/c4*1-2-4-5-3-1;;;;;;;;;;;;;;;/h4*1-5H;6*1H3;3*1H;;;;;;/q10*-1;;;;4*+2;;+2/p-3. The largest absolute Gasteiger partial charge is 2.00 e. The van der Waals surface area contributed by atoms with Crippen LogP contribution in [0.5, 0.6) is 0 Å². The fraction of sp³-hybridized carbons (Fsp3) is 0. The van der Waals surface area contributed by atoms with Crippen molar-refractivity contribution in [3.63, 3.8) is 0 Å². The van der Waals surface area contributed by atoms with E-state index < -0.39 is 0 Å². The molecule has 4 aromatic carbocycles. The van der Waals surface area contributed by atoms with Crippen LogP contribution in [0.2, 0.25) is 0 Å². The zero-order valence-corrected chi connectivity index (χ0v) is 41.0. The molecule has 0 saturated heterocycles. The Morgan fingerprint density at radius 2 is 0.371 bits per heavy atom. The van der Waals surface area contributed by atoms with Gasteiger partial charge < -0.3 is 81.8 Å². The van der Waals surface area contributed by atoms with E-state index in [2.05, 4.69) is 0 Å². The first-order chi connectivity index (χ1) is 10.0. The Kier molecular flexibility index (Phi) is 255. The Hall–Kier alpha value is 2.84. The Labute approximate surface area is 335 Å². The van der Waals surface area contributed by atoms with E-state index in [1.165, 1.54) is 0 Å². The minimum absolute atomic E-state index is 0. The topological polar surface area (TPSA) is 0 Å². The monoisotopic (exact) mass is 1300 g/mol. The summed E-state index contributed by atoms with van der Waals surface area (Å²) in [7, 11) is 0. The first-order valence-electron chi connectivity index (χ1n) is 6.67. The fourth-order valence-electron chi connectivity index (χ4n) is 1.28. The molecule has 0 spiro atoms. The number of rotatable bonds is 0. The van der Waals surface area contributed by atoms with Crippen molar-refractivity contribution < 1.29 is 79.4 Å². The van der Waals surface area contributed by atoms with Crippen molar-refractivity contribution in [2.24, 2.45) is 0 Å². The van der Waals surface area contributed by atoms with E-state index in [1.54, 1.807) is 0 Å². The molecule has 194 valence electrons. The maximum absolute atomic E-state index is 2.00. The molecule has 0 atom stereocenters. The first-order valence-corrected chi connectivity index (χ1v) is 6.67. The van der Waals surface area contributed by atoms with Gasteiger partial charge in [0.2, 0.25) is 0 Å². The van der Waals surface area contributed by atoms with E-state index in [1.807, 2.05) is 121 Å². The maximum atomic E-state index is 2.00. The van der Waals surface area contributed by atoms with Crippen LogP contribution in [0, 0.1) is 44.6 Å². The predicted molar refractivity (Wildman–Crippen MR) is 150 cm³/mol. The minimum Gasteiger partial charge on any atom is -1.00 e. The summed E-state index contributed by atoms with van der Waals surface area (Å²) >= 11 is 0. The van der Waals surface area contributed by atoms with Crippen molar-refractivity contribution in [3.05, 3.63) is 166 Å². The smallest absolute Gasteiger partial charge is 1.00 e. The van der Waals surface area contributed by atoms with E-state index in [9.17, 15) is 0 Å². The van der Waals surface area contributed by atoms with Crippen LogP contribution >= 0.6 is 0 Å². The molecule has 0 aliphatic rings. The van der Waals surface area contributed by atoms with Crippen LogP contribution in [-0.4, -0.2) is 95.6 Å². The van der Waals surface area contributed by atoms with Gasteiger partial charge in [-0.3, -0.25) is 0 Å². The van der Waals surface area contributed by atoms with Crippen LogP contribution in [0.3, 0.4) is 0 Å². The summed E-state index contributed by atoms with van der Waals surface area (Å²) in [6.45, 7) is 0. The molecule has 0 heterocycles. The second kappa shape index (κ2) is 90.7. The molecule has 0 aromatic heterocycles. The van der Waals surface area contributed by atoms with Crippen LogP contribution < -0.4 is 37.2 Å². The number of hydrogen-bond acceptors (Lipinski definition) is 0. The molecule has 0 aliphatic carbocycles. The van der Waals surface area contributed by atoms with Crippen LogP contribution in [0.4, 0.5) is 0 Å². The summed E-state index contributed by atoms with van der Waals surface area (Å²) in [5.41, 5.74) is 0. The summed E-state index contributed by atoms with van der Waals surface area (Å²) in [4.78, 5) is 0. The molecular formula is C26H38Cl3Sn4W2-3. The van der Waals surface area contributed by atoms with Gasteiger partial charge in [0.05, 0.1) is 0 Å². The van der Waals surface area contributed by atoms with Gasteiger partial charge >= 0.3 is 117 Å². The second-order valence-corrected chi connectivity index (χ2v) is 3.85. The van der Waals surface area contributed by atoms with Crippen molar-refractivity contribution in [1.82, 2.24) is 0 Å². The van der Waals surface area contributed by atoms with Gasteiger partial charge in [-0.25, -0.2) is 48.5 Å². The maximum Gasteiger partial charge on any atom is 2.00 e. The van der Waals surface area contributed by atoms with E-state index >= 15 is 0 Å². The fourth-order valence-corrected chi connectivity index (χ4v) is 1.28. The average Bonchev–Trinajstić information content (AvgIpc) is 3.40. The van der Waals surface area contributed by atoms with Gasteiger partial charge in [-0.15, -0.1) is 0 Å². The molecule has 0 unspecified atom stereocenters. The molecule has 0 saturated carbocycles. The van der Waals surface area contributed by atoms with E-state index in [0.29, 0.717) is 0 Å². The Morgan fingerprint density at radius 3 is 0.400 bits per heavy atom. The molecule has 8 radical (unpaired) electrons. The minimum atomic E-state index is 0. The van der Waals surface area contributed by atoms with Crippen LogP contribution in [0.25, 0.3) is 0 Å². The average molecular weight is 1300 g/mol. The molecule has 0 N–H and O–H groups in total. The molecule has 0 fully saturated rings. The molecule has 0 bridgehead atoms. The van der Waals surface area contributed by atoms with E-state index in [-0.39, 0.29) is 220 Å². The third-order valence-corrected chi connectivity index (χ3v) is 2.22. The zero-order valence-electron chi connectivity index (χ0n) is 21.5. The third-order valence-electron chi connectivity index (χ3n) is 2.22. The summed E-state index contributed by atoms with van der Waals surface area (Å²) in [5.74, 6) is 0. The van der Waals surface area contributed by atoms with Gasteiger partial charge in [0.15, 0.2) is 0 Å². The summed E-state index contributed by atoms with van der Waals surface area (Å²) in [5, 5.41) is 0. The van der Waals surface area contributed by atoms with Gasteiger partial charge in [0.25, 0.3) is 0 Å². The van der Waals surface area contributed by atoms with E-state index in [4.69, 9.17) is 0 Å². The molecule has 35 heavy (non-hydrogen) atoms. The van der Waals surface area contributed by atoms with Crippen molar-refractivity contribution in [2.75, 3.05) is 0 Å². The van der Waals surface area contributed by atoms with Crippen LogP contribution in [0.15, 0.2) is 121 Å². The number of halogens is 3. The van der Waals surface area contributed by atoms with Gasteiger partial charge in [0, 0.05) is 21.1 Å². The van der Waals surface area contributed by atoms with Crippen LogP contribution in [0.1, 0.15) is 0 Å². The molecule has 4 rings (SSSR count). The molecule has 0 aliphatic heterocycles. The Morgan fingerprint density at radius 1 is 0.286 bits per heavy atom. The van der Waals surface area contributed by atoms with Crippen molar-refractivity contribution in [3.8, 4) is 0 Å². The van der Waals surface area contributed by atoms with Gasteiger partial charge in [0.1, 0.15) is 0 Å². The van der Waals surface area contributed by atoms with Crippen LogP contribution in [-0.2, 0) is 42.1 Å². The predicted octanol–water partition coefficient (Wildman–Crippen LogP) is -2.19. The van der Waals surface area contributed by atoms with Crippen molar-refractivity contribution in [2.45, 2.75) is 0 Å². The van der Waals surface area contributed by atoms with Gasteiger partial charge in [-0.05, 0) is 0 Å². The zero-order chi connectivity index (χ0) is 14.1. The Bertz CT molecular complexity index is 374.